The van der Waals surface area contributed by atoms with Gasteiger partial charge in [0.15, 0.2) is 0 Å². The van der Waals surface area contributed by atoms with Gasteiger partial charge in [0, 0.05) is 29.7 Å². The fourth-order valence-corrected chi connectivity index (χ4v) is 4.17. The quantitative estimate of drug-likeness (QED) is 0.245. The van der Waals surface area contributed by atoms with Crippen molar-refractivity contribution >= 4 is 52.1 Å². The van der Waals surface area contributed by atoms with Crippen molar-refractivity contribution in [2.45, 2.75) is 26.3 Å². The van der Waals surface area contributed by atoms with Gasteiger partial charge in [-0.1, -0.05) is 47.5 Å². The topological polar surface area (TPSA) is 64.4 Å². The Kier molecular flexibility index (Phi) is 7.56. The Morgan fingerprint density at radius 1 is 1.06 bits per heavy atom. The molecule has 1 heterocycles. The standard InChI is InChI=1S/C27H24Cl2N2O3/c1-2-31-17-25(23-11-9-21(28)16-24(23)29)30-26(31)12-6-18-5-7-20-15-22(10-8-19(20)14-18)34-13-3-4-27(32)33/h5-12,14-17H,2-4,13H2,1H3,(H,32,33). The highest BCUT2D eigenvalue weighted by molar-refractivity contribution is 6.36. The highest BCUT2D eigenvalue weighted by Crippen LogP contribution is 2.30. The Balaban J connectivity index is 1.51. The number of fused-ring (bicyclic) bond motifs is 1. The lowest BCUT2D eigenvalue weighted by atomic mass is 10.1. The van der Waals surface area contributed by atoms with Crippen LogP contribution in [0.2, 0.25) is 10.0 Å². The molecule has 0 saturated carbocycles. The second-order valence-electron chi connectivity index (χ2n) is 7.84. The van der Waals surface area contributed by atoms with Crippen molar-refractivity contribution in [2.24, 2.45) is 0 Å². The second-order valence-corrected chi connectivity index (χ2v) is 8.69. The van der Waals surface area contributed by atoms with Gasteiger partial charge in [0.05, 0.1) is 17.3 Å². The number of halogens is 2. The van der Waals surface area contributed by atoms with Gasteiger partial charge in [0.1, 0.15) is 11.6 Å². The zero-order chi connectivity index (χ0) is 24.1. The maximum Gasteiger partial charge on any atom is 0.303 e. The monoisotopic (exact) mass is 494 g/mol. The molecule has 0 bridgehead atoms. The van der Waals surface area contributed by atoms with Crippen molar-refractivity contribution in [1.29, 1.82) is 0 Å². The van der Waals surface area contributed by atoms with Gasteiger partial charge in [-0.3, -0.25) is 4.79 Å². The third-order valence-corrected chi connectivity index (χ3v) is 5.97. The number of rotatable bonds is 9. The van der Waals surface area contributed by atoms with Crippen LogP contribution in [0.15, 0.2) is 60.8 Å². The van der Waals surface area contributed by atoms with Crippen molar-refractivity contribution in [3.05, 3.63) is 82.2 Å². The van der Waals surface area contributed by atoms with Gasteiger partial charge in [0.2, 0.25) is 0 Å². The smallest absolute Gasteiger partial charge is 0.303 e. The molecule has 0 fully saturated rings. The lowest BCUT2D eigenvalue weighted by Crippen LogP contribution is -2.01. The Labute approximate surface area is 208 Å². The highest BCUT2D eigenvalue weighted by Gasteiger charge is 2.10. The molecule has 1 N–H and O–H groups in total. The van der Waals surface area contributed by atoms with Crippen molar-refractivity contribution in [1.82, 2.24) is 9.55 Å². The second kappa shape index (κ2) is 10.8. The molecule has 0 aliphatic heterocycles. The van der Waals surface area contributed by atoms with Crippen LogP contribution in [0, 0.1) is 0 Å². The maximum atomic E-state index is 10.6. The van der Waals surface area contributed by atoms with E-state index in [1.807, 2.05) is 60.8 Å². The van der Waals surface area contributed by atoms with Gasteiger partial charge in [-0.25, -0.2) is 4.98 Å². The molecule has 0 unspecified atom stereocenters. The fraction of sp³-hybridized carbons (Fsp3) is 0.185. The molecule has 0 saturated heterocycles. The number of benzene rings is 3. The molecule has 3 aromatic carbocycles. The zero-order valence-corrected chi connectivity index (χ0v) is 20.2. The van der Waals surface area contributed by atoms with Crippen LogP contribution in [-0.2, 0) is 11.3 Å². The van der Waals surface area contributed by atoms with E-state index < -0.39 is 5.97 Å². The van der Waals surface area contributed by atoms with E-state index in [-0.39, 0.29) is 6.42 Å². The van der Waals surface area contributed by atoms with Crippen molar-refractivity contribution in [3.63, 3.8) is 0 Å². The largest absolute Gasteiger partial charge is 0.494 e. The van der Waals surface area contributed by atoms with Crippen molar-refractivity contribution < 1.29 is 14.6 Å². The molecule has 0 atom stereocenters. The van der Waals surface area contributed by atoms with Gasteiger partial charge >= 0.3 is 5.97 Å². The first-order chi connectivity index (χ1) is 16.4. The van der Waals surface area contributed by atoms with Gasteiger partial charge < -0.3 is 14.4 Å². The number of aliphatic carboxylic acids is 1. The molecule has 0 radical (unpaired) electrons. The Bertz CT molecular complexity index is 1360. The van der Waals surface area contributed by atoms with Crippen LogP contribution in [0.3, 0.4) is 0 Å². The summed E-state index contributed by atoms with van der Waals surface area (Å²) in [6.45, 7) is 3.24. The minimum atomic E-state index is -0.811. The SMILES string of the molecule is CCn1cc(-c2ccc(Cl)cc2Cl)nc1C=Cc1ccc2cc(OCCCC(=O)O)ccc2c1. The van der Waals surface area contributed by atoms with Crippen LogP contribution in [-0.4, -0.2) is 27.2 Å². The van der Waals surface area contributed by atoms with E-state index in [9.17, 15) is 4.79 Å². The minimum absolute atomic E-state index is 0.105. The van der Waals surface area contributed by atoms with Crippen molar-refractivity contribution in [2.75, 3.05) is 6.61 Å². The summed E-state index contributed by atoms with van der Waals surface area (Å²) in [6.07, 6.45) is 6.62. The maximum absolute atomic E-state index is 10.6. The number of imidazole rings is 1. The van der Waals surface area contributed by atoms with Gasteiger partial charge in [-0.2, -0.15) is 0 Å². The van der Waals surface area contributed by atoms with Crippen LogP contribution in [0.5, 0.6) is 5.75 Å². The number of nitrogens with zero attached hydrogens (tertiary/aromatic N) is 2. The van der Waals surface area contributed by atoms with Crippen LogP contribution in [0.4, 0.5) is 0 Å². The van der Waals surface area contributed by atoms with E-state index in [1.54, 1.807) is 6.07 Å². The average molecular weight is 495 g/mol. The van der Waals surface area contributed by atoms with E-state index in [0.717, 1.165) is 45.7 Å². The van der Waals surface area contributed by atoms with E-state index >= 15 is 0 Å². The Morgan fingerprint density at radius 3 is 2.62 bits per heavy atom. The third kappa shape index (κ3) is 5.79. The first-order valence-electron chi connectivity index (χ1n) is 11.0. The summed E-state index contributed by atoms with van der Waals surface area (Å²) in [6, 6.07) is 17.5. The molecule has 4 rings (SSSR count). The summed E-state index contributed by atoms with van der Waals surface area (Å²) < 4.78 is 7.75. The number of ether oxygens (including phenoxy) is 1. The Morgan fingerprint density at radius 2 is 1.85 bits per heavy atom. The fourth-order valence-electron chi connectivity index (χ4n) is 3.66. The van der Waals surface area contributed by atoms with Crippen LogP contribution < -0.4 is 4.74 Å². The Hall–Kier alpha value is -3.28. The van der Waals surface area contributed by atoms with E-state index in [0.29, 0.717) is 23.1 Å². The van der Waals surface area contributed by atoms with Gasteiger partial charge in [-0.05, 0) is 72.2 Å². The molecular weight excluding hydrogens is 471 g/mol. The van der Waals surface area contributed by atoms with Crippen molar-refractivity contribution in [3.8, 4) is 17.0 Å². The molecule has 174 valence electrons. The molecule has 7 heteroatoms. The molecule has 0 amide bonds. The molecule has 4 aromatic rings. The van der Waals surface area contributed by atoms with Crippen LogP contribution in [0.25, 0.3) is 34.2 Å². The zero-order valence-electron chi connectivity index (χ0n) is 18.7. The third-order valence-electron chi connectivity index (χ3n) is 5.42. The van der Waals surface area contributed by atoms with E-state index in [4.69, 9.17) is 38.0 Å². The number of hydrogen-bond donors (Lipinski definition) is 1. The minimum Gasteiger partial charge on any atom is -0.494 e. The first-order valence-corrected chi connectivity index (χ1v) is 11.8. The molecular formula is C27H24Cl2N2O3. The van der Waals surface area contributed by atoms with E-state index in [2.05, 4.69) is 17.6 Å². The number of carboxylic acids is 1. The molecule has 1 aromatic heterocycles. The summed E-state index contributed by atoms with van der Waals surface area (Å²) in [7, 11) is 0. The number of carboxylic acid groups (broad SMARTS) is 1. The predicted molar refractivity (Wildman–Crippen MR) is 139 cm³/mol. The summed E-state index contributed by atoms with van der Waals surface area (Å²) in [4.78, 5) is 15.4. The normalized spacial score (nSPS) is 11.4. The number of hydrogen-bond acceptors (Lipinski definition) is 3. The summed E-state index contributed by atoms with van der Waals surface area (Å²) in [5.74, 6) is 0.766. The first kappa shape index (κ1) is 23.9. The summed E-state index contributed by atoms with van der Waals surface area (Å²) >= 11 is 12.4. The number of carbonyl (C=O) groups is 1. The van der Waals surface area contributed by atoms with Crippen LogP contribution in [0.1, 0.15) is 31.2 Å². The average Bonchev–Trinajstić information content (AvgIpc) is 3.23. The molecule has 0 spiro atoms. The van der Waals surface area contributed by atoms with Gasteiger partial charge in [0.25, 0.3) is 0 Å². The number of aromatic nitrogens is 2. The lowest BCUT2D eigenvalue weighted by Gasteiger charge is -2.07. The predicted octanol–water partition coefficient (Wildman–Crippen LogP) is 7.44. The summed E-state index contributed by atoms with van der Waals surface area (Å²) in [5, 5.41) is 12.0. The lowest BCUT2D eigenvalue weighted by molar-refractivity contribution is -0.137. The molecule has 5 nitrogen and oxygen atoms in total. The molecule has 0 aliphatic carbocycles. The van der Waals surface area contributed by atoms with E-state index in [1.165, 1.54) is 0 Å². The number of aryl methyl sites for hydroxylation is 1. The molecule has 0 aliphatic rings. The molecule has 34 heavy (non-hydrogen) atoms. The van der Waals surface area contributed by atoms with Crippen LogP contribution >= 0.6 is 23.2 Å². The summed E-state index contributed by atoms with van der Waals surface area (Å²) in [5.41, 5.74) is 2.71. The van der Waals surface area contributed by atoms with Gasteiger partial charge in [-0.15, -0.1) is 0 Å². The highest BCUT2D eigenvalue weighted by atomic mass is 35.5.